The molecule has 1 N–H and O–H groups in total. The first-order valence-corrected chi connectivity index (χ1v) is 7.25. The van der Waals surface area contributed by atoms with Gasteiger partial charge in [0.1, 0.15) is 5.75 Å². The van der Waals surface area contributed by atoms with Gasteiger partial charge in [0.05, 0.1) is 12.5 Å². The highest BCUT2D eigenvalue weighted by atomic mass is 16.5. The lowest BCUT2D eigenvalue weighted by Crippen LogP contribution is -2.31. The number of carboxylic acid groups (broad SMARTS) is 1. The maximum Gasteiger partial charge on any atom is 0.308 e. The molecule has 0 aliphatic heterocycles. The molecule has 1 unspecified atom stereocenters. The van der Waals surface area contributed by atoms with E-state index in [0.717, 1.165) is 11.4 Å². The Kier molecular flexibility index (Phi) is 6.79. The standard InChI is InChI=1S/C17H25NO3/c1-5-10-18(11-14(4)17(19)20)15-6-8-16(9-7-15)21-12-13(2)3/h5-9,13-14H,1,10-12H2,2-4H3,(H,19,20). The number of nitrogens with zero attached hydrogens (tertiary/aromatic N) is 1. The fourth-order valence-corrected chi connectivity index (χ4v) is 1.87. The third-order valence-corrected chi connectivity index (χ3v) is 3.05. The number of carbonyl (C=O) groups is 1. The van der Waals surface area contributed by atoms with Crippen LogP contribution in [0.2, 0.25) is 0 Å². The van der Waals surface area contributed by atoms with Crippen LogP contribution in [0.3, 0.4) is 0 Å². The molecule has 21 heavy (non-hydrogen) atoms. The third kappa shape index (κ3) is 5.90. The van der Waals surface area contributed by atoms with Crippen LogP contribution in [0.15, 0.2) is 36.9 Å². The maximum absolute atomic E-state index is 11.0. The Bertz CT molecular complexity index is 454. The summed E-state index contributed by atoms with van der Waals surface area (Å²) in [6.07, 6.45) is 1.78. The molecule has 116 valence electrons. The number of aliphatic carboxylic acids is 1. The molecule has 0 radical (unpaired) electrons. The molecule has 0 spiro atoms. The Labute approximate surface area is 127 Å². The van der Waals surface area contributed by atoms with Gasteiger partial charge in [0, 0.05) is 18.8 Å². The number of ether oxygens (including phenoxy) is 1. The van der Waals surface area contributed by atoms with Crippen LogP contribution < -0.4 is 9.64 Å². The zero-order valence-electron chi connectivity index (χ0n) is 13.1. The van der Waals surface area contributed by atoms with E-state index in [2.05, 4.69) is 20.4 Å². The molecule has 0 aromatic heterocycles. The fourth-order valence-electron chi connectivity index (χ4n) is 1.87. The summed E-state index contributed by atoms with van der Waals surface area (Å²) >= 11 is 0. The summed E-state index contributed by atoms with van der Waals surface area (Å²) in [5.41, 5.74) is 0.972. The molecule has 0 amide bonds. The van der Waals surface area contributed by atoms with Crippen molar-refractivity contribution in [3.05, 3.63) is 36.9 Å². The van der Waals surface area contributed by atoms with E-state index < -0.39 is 11.9 Å². The van der Waals surface area contributed by atoms with E-state index in [9.17, 15) is 4.79 Å². The number of hydrogen-bond donors (Lipinski definition) is 1. The van der Waals surface area contributed by atoms with Gasteiger partial charge in [0.25, 0.3) is 0 Å². The molecule has 0 aliphatic carbocycles. The van der Waals surface area contributed by atoms with E-state index in [4.69, 9.17) is 9.84 Å². The molecule has 1 aromatic rings. The van der Waals surface area contributed by atoms with E-state index in [0.29, 0.717) is 25.6 Å². The van der Waals surface area contributed by atoms with Crippen molar-refractivity contribution in [1.29, 1.82) is 0 Å². The lowest BCUT2D eigenvalue weighted by molar-refractivity contribution is -0.140. The Morgan fingerprint density at radius 1 is 1.33 bits per heavy atom. The molecule has 0 aliphatic rings. The maximum atomic E-state index is 11.0. The number of benzene rings is 1. The molecule has 0 fully saturated rings. The molecule has 0 bridgehead atoms. The Hall–Kier alpha value is -1.97. The Morgan fingerprint density at radius 3 is 2.43 bits per heavy atom. The molecule has 1 atom stereocenters. The zero-order valence-corrected chi connectivity index (χ0v) is 13.1. The van der Waals surface area contributed by atoms with E-state index in [1.165, 1.54) is 0 Å². The molecule has 1 rings (SSSR count). The highest BCUT2D eigenvalue weighted by molar-refractivity contribution is 5.70. The van der Waals surface area contributed by atoms with Crippen LogP contribution in [-0.4, -0.2) is 30.8 Å². The van der Waals surface area contributed by atoms with Crippen molar-refractivity contribution < 1.29 is 14.6 Å². The summed E-state index contributed by atoms with van der Waals surface area (Å²) in [5, 5.41) is 9.04. The van der Waals surface area contributed by atoms with Crippen molar-refractivity contribution in [2.24, 2.45) is 11.8 Å². The van der Waals surface area contributed by atoms with Crippen LogP contribution >= 0.6 is 0 Å². The van der Waals surface area contributed by atoms with Crippen LogP contribution in [0, 0.1) is 11.8 Å². The van der Waals surface area contributed by atoms with Crippen molar-refractivity contribution in [2.75, 3.05) is 24.6 Å². The minimum atomic E-state index is -0.791. The highest BCUT2D eigenvalue weighted by Gasteiger charge is 2.15. The molecular weight excluding hydrogens is 266 g/mol. The Balaban J connectivity index is 2.74. The van der Waals surface area contributed by atoms with Gasteiger partial charge in [-0.25, -0.2) is 0 Å². The lowest BCUT2D eigenvalue weighted by Gasteiger charge is -2.25. The lowest BCUT2D eigenvalue weighted by atomic mass is 10.1. The van der Waals surface area contributed by atoms with Gasteiger partial charge >= 0.3 is 5.97 Å². The molecule has 0 saturated heterocycles. The largest absolute Gasteiger partial charge is 0.493 e. The fraction of sp³-hybridized carbons (Fsp3) is 0.471. The predicted molar refractivity (Wildman–Crippen MR) is 86.0 cm³/mol. The second-order valence-corrected chi connectivity index (χ2v) is 5.63. The van der Waals surface area contributed by atoms with Crippen molar-refractivity contribution in [3.8, 4) is 5.75 Å². The second kappa shape index (κ2) is 8.35. The smallest absolute Gasteiger partial charge is 0.308 e. The van der Waals surface area contributed by atoms with Gasteiger partial charge in [0.2, 0.25) is 0 Å². The first kappa shape index (κ1) is 17.1. The molecule has 4 heteroatoms. The van der Waals surface area contributed by atoms with E-state index in [-0.39, 0.29) is 0 Å². The van der Waals surface area contributed by atoms with E-state index >= 15 is 0 Å². The van der Waals surface area contributed by atoms with Gasteiger partial charge in [-0.3, -0.25) is 4.79 Å². The normalized spacial score (nSPS) is 12.0. The van der Waals surface area contributed by atoms with Crippen LogP contribution in [0.4, 0.5) is 5.69 Å². The SMILES string of the molecule is C=CCN(CC(C)C(=O)O)c1ccc(OCC(C)C)cc1. The quantitative estimate of drug-likeness (QED) is 0.708. The third-order valence-electron chi connectivity index (χ3n) is 3.05. The number of anilines is 1. The molecule has 0 heterocycles. The monoisotopic (exact) mass is 291 g/mol. The highest BCUT2D eigenvalue weighted by Crippen LogP contribution is 2.21. The van der Waals surface area contributed by atoms with Gasteiger partial charge in [-0.1, -0.05) is 26.8 Å². The van der Waals surface area contributed by atoms with E-state index in [1.807, 2.05) is 29.2 Å². The number of rotatable bonds is 9. The minimum Gasteiger partial charge on any atom is -0.493 e. The summed E-state index contributed by atoms with van der Waals surface area (Å²) in [4.78, 5) is 13.0. The minimum absolute atomic E-state index is 0.429. The van der Waals surface area contributed by atoms with Gasteiger partial charge in [-0.05, 0) is 30.2 Å². The summed E-state index contributed by atoms with van der Waals surface area (Å²) in [5.74, 6) is 0.0957. The topological polar surface area (TPSA) is 49.8 Å². The summed E-state index contributed by atoms with van der Waals surface area (Å²) in [6, 6.07) is 7.74. The van der Waals surface area contributed by atoms with Crippen molar-refractivity contribution in [3.63, 3.8) is 0 Å². The summed E-state index contributed by atoms with van der Waals surface area (Å²) in [6.45, 7) is 11.4. The molecule has 0 saturated carbocycles. The molecular formula is C17H25NO3. The average molecular weight is 291 g/mol. The van der Waals surface area contributed by atoms with Gasteiger partial charge < -0.3 is 14.7 Å². The van der Waals surface area contributed by atoms with Crippen molar-refractivity contribution in [1.82, 2.24) is 0 Å². The number of carboxylic acids is 1. The molecule has 1 aromatic carbocycles. The summed E-state index contributed by atoms with van der Waals surface area (Å²) < 4.78 is 5.65. The van der Waals surface area contributed by atoms with Crippen LogP contribution in [-0.2, 0) is 4.79 Å². The predicted octanol–water partition coefficient (Wildman–Crippen LogP) is 3.43. The van der Waals surface area contributed by atoms with Crippen LogP contribution in [0.25, 0.3) is 0 Å². The zero-order chi connectivity index (χ0) is 15.8. The first-order chi connectivity index (χ1) is 9.93. The van der Waals surface area contributed by atoms with Crippen molar-refractivity contribution >= 4 is 11.7 Å². The number of hydrogen-bond acceptors (Lipinski definition) is 3. The van der Waals surface area contributed by atoms with Gasteiger partial charge in [0.15, 0.2) is 0 Å². The first-order valence-electron chi connectivity index (χ1n) is 7.25. The van der Waals surface area contributed by atoms with Gasteiger partial charge in [-0.15, -0.1) is 6.58 Å². The van der Waals surface area contributed by atoms with Crippen LogP contribution in [0.1, 0.15) is 20.8 Å². The second-order valence-electron chi connectivity index (χ2n) is 5.63. The van der Waals surface area contributed by atoms with Gasteiger partial charge in [-0.2, -0.15) is 0 Å². The van der Waals surface area contributed by atoms with Crippen molar-refractivity contribution in [2.45, 2.75) is 20.8 Å². The van der Waals surface area contributed by atoms with Crippen LogP contribution in [0.5, 0.6) is 5.75 Å². The summed E-state index contributed by atoms with van der Waals surface area (Å²) in [7, 11) is 0. The Morgan fingerprint density at radius 2 is 1.95 bits per heavy atom. The van der Waals surface area contributed by atoms with E-state index in [1.54, 1.807) is 13.0 Å². The average Bonchev–Trinajstić information content (AvgIpc) is 2.45. The molecule has 4 nitrogen and oxygen atoms in total.